The van der Waals surface area contributed by atoms with E-state index in [1.165, 1.54) is 0 Å². The summed E-state index contributed by atoms with van der Waals surface area (Å²) in [6.07, 6.45) is 0.653. The van der Waals surface area contributed by atoms with E-state index in [1.54, 1.807) is 26.8 Å². The highest BCUT2D eigenvalue weighted by atomic mass is 32.1. The molecule has 1 unspecified atom stereocenters. The number of fused-ring (bicyclic) bond motifs is 1. The first kappa shape index (κ1) is 25.8. The average molecular weight is 486 g/mol. The number of esters is 1. The highest BCUT2D eigenvalue weighted by Crippen LogP contribution is 2.28. The third-order valence-electron chi connectivity index (χ3n) is 5.01. The summed E-state index contributed by atoms with van der Waals surface area (Å²) in [6.45, 7) is 10.6. The summed E-state index contributed by atoms with van der Waals surface area (Å²) in [5.41, 5.74) is 1.34. The van der Waals surface area contributed by atoms with Crippen LogP contribution >= 0.6 is 11.3 Å². The Hall–Kier alpha value is -2.85. The molecule has 8 nitrogen and oxygen atoms in total. The molecule has 0 saturated heterocycles. The second-order valence-corrected chi connectivity index (χ2v) is 9.34. The van der Waals surface area contributed by atoms with Gasteiger partial charge in [0, 0.05) is 13.1 Å². The number of hydrogen-bond acceptors (Lipinski definition) is 8. The fourth-order valence-electron chi connectivity index (χ4n) is 3.60. The van der Waals surface area contributed by atoms with Crippen LogP contribution in [-0.4, -0.2) is 57.9 Å². The molecule has 2 N–H and O–H groups in total. The van der Waals surface area contributed by atoms with Gasteiger partial charge in [-0.25, -0.2) is 9.78 Å². The molecule has 0 spiro atoms. The second-order valence-electron chi connectivity index (χ2n) is 8.34. The van der Waals surface area contributed by atoms with Gasteiger partial charge >= 0.3 is 5.97 Å². The molecular weight excluding hydrogens is 454 g/mol. The van der Waals surface area contributed by atoms with Gasteiger partial charge in [0.1, 0.15) is 15.5 Å². The molecule has 2 aromatic heterocycles. The first-order chi connectivity index (χ1) is 16.3. The van der Waals surface area contributed by atoms with E-state index in [2.05, 4.69) is 16.5 Å². The lowest BCUT2D eigenvalue weighted by atomic mass is 10.2. The average Bonchev–Trinajstić information content (AvgIpc) is 3.11. The predicted molar refractivity (Wildman–Crippen MR) is 133 cm³/mol. The van der Waals surface area contributed by atoms with Crippen LogP contribution in [0.1, 0.15) is 40.5 Å². The van der Waals surface area contributed by atoms with E-state index in [1.807, 2.05) is 35.2 Å². The van der Waals surface area contributed by atoms with Crippen molar-refractivity contribution in [3.8, 4) is 0 Å². The summed E-state index contributed by atoms with van der Waals surface area (Å²) >= 11 is 1.16. The molecule has 9 heteroatoms. The lowest BCUT2D eigenvalue weighted by Crippen LogP contribution is -2.35. The van der Waals surface area contributed by atoms with Gasteiger partial charge in [-0.3, -0.25) is 9.69 Å². The molecule has 2 heterocycles. The number of aryl methyl sites for hydroxylation is 1. The molecule has 1 atom stereocenters. The van der Waals surface area contributed by atoms with E-state index in [9.17, 15) is 14.7 Å². The van der Waals surface area contributed by atoms with Crippen molar-refractivity contribution in [2.75, 3.05) is 19.8 Å². The Morgan fingerprint density at radius 2 is 2.03 bits per heavy atom. The molecule has 0 amide bonds. The smallest absolute Gasteiger partial charge is 0.348 e. The Balaban J connectivity index is 1.86. The van der Waals surface area contributed by atoms with Gasteiger partial charge in [0.25, 0.3) is 5.56 Å². The number of rotatable bonds is 12. The quantitative estimate of drug-likeness (QED) is 0.230. The van der Waals surface area contributed by atoms with E-state index >= 15 is 0 Å². The van der Waals surface area contributed by atoms with Crippen molar-refractivity contribution in [1.82, 2.24) is 14.9 Å². The Kier molecular flexibility index (Phi) is 9.12. The minimum atomic E-state index is -0.722. The maximum atomic E-state index is 12.9. The molecule has 0 aliphatic heterocycles. The van der Waals surface area contributed by atoms with Crippen LogP contribution in [-0.2, 0) is 22.6 Å². The van der Waals surface area contributed by atoms with Crippen molar-refractivity contribution in [3.63, 3.8) is 0 Å². The summed E-state index contributed by atoms with van der Waals surface area (Å²) in [7, 11) is 0. The number of carbonyl (C=O) groups excluding carboxylic acids is 1. The monoisotopic (exact) mass is 485 g/mol. The standard InChI is InChI=1S/C25H31N3O5S/c1-5-11-32-15-19(29)13-28(12-18-9-7-6-8-10-18)14-20-26-23(30)21-17(4)22(34-24(21)27-20)25(31)33-16(2)3/h5-10,16,19,29H,1,11-15H2,2-4H3,(H,26,27,30). The van der Waals surface area contributed by atoms with Crippen molar-refractivity contribution < 1.29 is 19.4 Å². The number of aliphatic hydroxyl groups is 1. The van der Waals surface area contributed by atoms with Crippen LogP contribution in [0.5, 0.6) is 0 Å². The van der Waals surface area contributed by atoms with Gasteiger partial charge in [0.05, 0.1) is 37.4 Å². The molecule has 1 aromatic carbocycles. The maximum absolute atomic E-state index is 12.9. The number of aromatic amines is 1. The molecule has 3 rings (SSSR count). The van der Waals surface area contributed by atoms with Gasteiger partial charge in [-0.2, -0.15) is 0 Å². The van der Waals surface area contributed by atoms with Crippen molar-refractivity contribution >= 4 is 27.5 Å². The van der Waals surface area contributed by atoms with E-state index in [0.29, 0.717) is 52.7 Å². The van der Waals surface area contributed by atoms with Gasteiger partial charge in [-0.05, 0) is 31.9 Å². The first-order valence-electron chi connectivity index (χ1n) is 11.1. The summed E-state index contributed by atoms with van der Waals surface area (Å²) in [6, 6.07) is 9.86. The summed E-state index contributed by atoms with van der Waals surface area (Å²) < 4.78 is 10.7. The summed E-state index contributed by atoms with van der Waals surface area (Å²) in [4.78, 5) is 35.7. The van der Waals surface area contributed by atoms with Crippen LogP contribution in [0.25, 0.3) is 10.2 Å². The predicted octanol–water partition coefficient (Wildman–Crippen LogP) is 3.42. The number of nitrogens with one attached hydrogen (secondary N) is 1. The van der Waals surface area contributed by atoms with E-state index in [-0.39, 0.29) is 18.3 Å². The molecule has 0 bridgehead atoms. The number of nitrogens with zero attached hydrogens (tertiary/aromatic N) is 2. The lowest BCUT2D eigenvalue weighted by molar-refractivity contribution is 0.0223. The Morgan fingerprint density at radius 1 is 1.29 bits per heavy atom. The molecular formula is C25H31N3O5S. The van der Waals surface area contributed by atoms with Crippen LogP contribution in [0.2, 0.25) is 0 Å². The van der Waals surface area contributed by atoms with Crippen molar-refractivity contribution in [1.29, 1.82) is 0 Å². The number of aromatic nitrogens is 2. The van der Waals surface area contributed by atoms with Crippen LogP contribution in [0.3, 0.4) is 0 Å². The van der Waals surface area contributed by atoms with Crippen LogP contribution in [0.15, 0.2) is 47.8 Å². The molecule has 0 fully saturated rings. The SMILES string of the molecule is C=CCOCC(O)CN(Cc1ccccc1)Cc1nc2sc(C(=O)OC(C)C)c(C)c2c(=O)[nH]1. The molecule has 182 valence electrons. The first-order valence-corrected chi connectivity index (χ1v) is 12.0. The molecule has 34 heavy (non-hydrogen) atoms. The lowest BCUT2D eigenvalue weighted by Gasteiger charge is -2.24. The van der Waals surface area contributed by atoms with E-state index in [0.717, 1.165) is 16.9 Å². The molecule has 3 aromatic rings. The Morgan fingerprint density at radius 3 is 2.71 bits per heavy atom. The number of thiophene rings is 1. The topological polar surface area (TPSA) is 105 Å². The molecule has 0 radical (unpaired) electrons. The minimum absolute atomic E-state index is 0.172. The molecule has 0 saturated carbocycles. The number of ether oxygens (including phenoxy) is 2. The highest BCUT2D eigenvalue weighted by molar-refractivity contribution is 7.20. The normalized spacial score (nSPS) is 12.4. The van der Waals surface area contributed by atoms with E-state index < -0.39 is 12.1 Å². The number of aliphatic hydroxyl groups excluding tert-OH is 1. The zero-order valence-electron chi connectivity index (χ0n) is 19.7. The van der Waals surface area contributed by atoms with Gasteiger partial charge in [-0.1, -0.05) is 36.4 Å². The third kappa shape index (κ3) is 6.83. The van der Waals surface area contributed by atoms with Gasteiger partial charge in [0.2, 0.25) is 0 Å². The van der Waals surface area contributed by atoms with Crippen LogP contribution in [0, 0.1) is 6.92 Å². The third-order valence-corrected chi connectivity index (χ3v) is 6.18. The number of carbonyl (C=O) groups is 1. The number of hydrogen-bond donors (Lipinski definition) is 2. The van der Waals surface area contributed by atoms with Crippen molar-refractivity contribution in [2.45, 2.75) is 46.1 Å². The van der Waals surface area contributed by atoms with Gasteiger partial charge < -0.3 is 19.6 Å². The zero-order chi connectivity index (χ0) is 24.7. The van der Waals surface area contributed by atoms with Crippen molar-refractivity contribution in [2.24, 2.45) is 0 Å². The fraction of sp³-hybridized carbons (Fsp3) is 0.400. The minimum Gasteiger partial charge on any atom is -0.459 e. The van der Waals surface area contributed by atoms with Crippen molar-refractivity contribution in [3.05, 3.63) is 75.2 Å². The van der Waals surface area contributed by atoms with Gasteiger partial charge in [-0.15, -0.1) is 17.9 Å². The van der Waals surface area contributed by atoms with E-state index in [4.69, 9.17) is 9.47 Å². The van der Waals surface area contributed by atoms with Crippen LogP contribution < -0.4 is 5.56 Å². The highest BCUT2D eigenvalue weighted by Gasteiger charge is 2.22. The van der Waals surface area contributed by atoms with Gasteiger partial charge in [0.15, 0.2) is 0 Å². The molecule has 0 aliphatic rings. The maximum Gasteiger partial charge on any atom is 0.348 e. The zero-order valence-corrected chi connectivity index (χ0v) is 20.6. The van der Waals surface area contributed by atoms with Crippen LogP contribution in [0.4, 0.5) is 0 Å². The largest absolute Gasteiger partial charge is 0.459 e. The second kappa shape index (κ2) is 12.0. The summed E-state index contributed by atoms with van der Waals surface area (Å²) in [5, 5.41) is 10.9. The number of H-pyrrole nitrogens is 1. The summed E-state index contributed by atoms with van der Waals surface area (Å²) in [5.74, 6) is 0.00229. The number of benzene rings is 1. The molecule has 0 aliphatic carbocycles. The fourth-order valence-corrected chi connectivity index (χ4v) is 4.69. The Bertz CT molecular complexity index is 1170. The Labute approximate surface area is 202 Å².